The molecule has 1 atom stereocenters. The van der Waals surface area contributed by atoms with Gasteiger partial charge in [-0.3, -0.25) is 4.79 Å². The number of hydrogen-bond donors (Lipinski definition) is 1. The Bertz CT molecular complexity index is 343. The third-order valence-electron chi connectivity index (χ3n) is 2.38. The van der Waals surface area contributed by atoms with Gasteiger partial charge < -0.3 is 5.32 Å². The van der Waals surface area contributed by atoms with Crippen LogP contribution in [0.5, 0.6) is 0 Å². The molecular weight excluding hydrogens is 198 g/mol. The van der Waals surface area contributed by atoms with Gasteiger partial charge in [0.1, 0.15) is 0 Å². The maximum absolute atomic E-state index is 11.5. The second-order valence-corrected chi connectivity index (χ2v) is 3.83. The highest BCUT2D eigenvalue weighted by atomic mass is 16.1. The molecule has 16 heavy (non-hydrogen) atoms. The average molecular weight is 217 g/mol. The van der Waals surface area contributed by atoms with Crippen molar-refractivity contribution < 1.29 is 4.79 Å². The highest BCUT2D eigenvalue weighted by Crippen LogP contribution is 2.10. The van der Waals surface area contributed by atoms with Gasteiger partial charge in [-0.1, -0.05) is 49.8 Å². The lowest BCUT2D eigenvalue weighted by Crippen LogP contribution is -2.24. The molecule has 0 aliphatic rings. The molecule has 0 aliphatic carbocycles. The summed E-state index contributed by atoms with van der Waals surface area (Å²) in [4.78, 5) is 11.5. The lowest BCUT2D eigenvalue weighted by Gasteiger charge is -2.12. The highest BCUT2D eigenvalue weighted by Gasteiger charge is 2.05. The third-order valence-corrected chi connectivity index (χ3v) is 2.38. The minimum atomic E-state index is -0.0233. The number of rotatable bonds is 5. The smallest absolute Gasteiger partial charge is 0.244 e. The van der Waals surface area contributed by atoms with Crippen LogP contribution in [0.3, 0.4) is 0 Å². The van der Waals surface area contributed by atoms with E-state index < -0.39 is 0 Å². The third kappa shape index (κ3) is 4.30. The summed E-state index contributed by atoms with van der Waals surface area (Å²) in [6.07, 6.45) is 5.54. The van der Waals surface area contributed by atoms with Gasteiger partial charge in [-0.2, -0.15) is 0 Å². The fraction of sp³-hybridized carbons (Fsp3) is 0.357. The zero-order chi connectivity index (χ0) is 11.8. The molecule has 0 saturated heterocycles. The fourth-order valence-corrected chi connectivity index (χ4v) is 1.44. The first-order valence-corrected chi connectivity index (χ1v) is 5.76. The molecule has 0 fully saturated rings. The van der Waals surface area contributed by atoms with Crippen molar-refractivity contribution in [2.45, 2.75) is 32.7 Å². The van der Waals surface area contributed by atoms with Gasteiger partial charge in [-0.05, 0) is 25.0 Å². The van der Waals surface area contributed by atoms with Crippen molar-refractivity contribution in [3.05, 3.63) is 48.0 Å². The molecule has 0 heterocycles. The van der Waals surface area contributed by atoms with E-state index in [4.69, 9.17) is 0 Å². The summed E-state index contributed by atoms with van der Waals surface area (Å²) in [5.74, 6) is -0.0233. The Labute approximate surface area is 97.4 Å². The number of benzene rings is 1. The molecule has 1 rings (SSSR count). The van der Waals surface area contributed by atoms with Gasteiger partial charge in [0.25, 0.3) is 0 Å². The second kappa shape index (κ2) is 6.83. The second-order valence-electron chi connectivity index (χ2n) is 3.83. The van der Waals surface area contributed by atoms with Crippen molar-refractivity contribution in [2.75, 3.05) is 0 Å². The Hall–Kier alpha value is -1.57. The maximum Gasteiger partial charge on any atom is 0.244 e. The van der Waals surface area contributed by atoms with Crippen LogP contribution in [0.2, 0.25) is 0 Å². The van der Waals surface area contributed by atoms with Gasteiger partial charge in [0.15, 0.2) is 0 Å². The van der Waals surface area contributed by atoms with Crippen molar-refractivity contribution in [3.63, 3.8) is 0 Å². The number of allylic oxidation sites excluding steroid dienone is 1. The van der Waals surface area contributed by atoms with E-state index in [2.05, 4.69) is 12.2 Å². The van der Waals surface area contributed by atoms with Crippen molar-refractivity contribution in [3.8, 4) is 0 Å². The fourth-order valence-electron chi connectivity index (χ4n) is 1.44. The van der Waals surface area contributed by atoms with Crippen molar-refractivity contribution >= 4 is 5.91 Å². The van der Waals surface area contributed by atoms with E-state index in [-0.39, 0.29) is 11.9 Å². The summed E-state index contributed by atoms with van der Waals surface area (Å²) in [5.41, 5.74) is 1.12. The molecule has 0 spiro atoms. The molecule has 2 heteroatoms. The minimum absolute atomic E-state index is 0.0233. The highest BCUT2D eigenvalue weighted by molar-refractivity contribution is 5.87. The van der Waals surface area contributed by atoms with E-state index in [9.17, 15) is 4.79 Å². The van der Waals surface area contributed by atoms with Crippen LogP contribution in [0.1, 0.15) is 38.3 Å². The predicted octanol–water partition coefficient (Wildman–Crippen LogP) is 3.22. The number of unbranched alkanes of at least 4 members (excludes halogenated alkanes) is 1. The first-order valence-electron chi connectivity index (χ1n) is 5.76. The lowest BCUT2D eigenvalue weighted by atomic mass is 10.1. The Morgan fingerprint density at radius 2 is 2.06 bits per heavy atom. The molecule has 1 N–H and O–H groups in total. The van der Waals surface area contributed by atoms with Crippen molar-refractivity contribution in [1.82, 2.24) is 5.32 Å². The van der Waals surface area contributed by atoms with E-state index in [1.165, 1.54) is 0 Å². The zero-order valence-electron chi connectivity index (χ0n) is 9.94. The summed E-state index contributed by atoms with van der Waals surface area (Å²) in [7, 11) is 0. The average Bonchev–Trinajstić information content (AvgIpc) is 2.30. The van der Waals surface area contributed by atoms with Crippen LogP contribution in [0.15, 0.2) is 42.5 Å². The topological polar surface area (TPSA) is 29.1 Å². The molecule has 1 aromatic rings. The van der Waals surface area contributed by atoms with Gasteiger partial charge in [0, 0.05) is 0 Å². The van der Waals surface area contributed by atoms with E-state index in [0.717, 1.165) is 18.4 Å². The monoisotopic (exact) mass is 217 g/mol. The van der Waals surface area contributed by atoms with Crippen LogP contribution >= 0.6 is 0 Å². The molecule has 0 aliphatic heterocycles. The molecule has 86 valence electrons. The summed E-state index contributed by atoms with van der Waals surface area (Å²) in [5, 5.41) is 2.93. The first kappa shape index (κ1) is 12.5. The Kier molecular flexibility index (Phi) is 5.34. The molecule has 0 bridgehead atoms. The predicted molar refractivity (Wildman–Crippen MR) is 67.0 cm³/mol. The molecular formula is C14H19NO. The van der Waals surface area contributed by atoms with Crippen LogP contribution in [0.25, 0.3) is 0 Å². The summed E-state index contributed by atoms with van der Waals surface area (Å²) in [6, 6.07) is 10.0. The summed E-state index contributed by atoms with van der Waals surface area (Å²) < 4.78 is 0. The summed E-state index contributed by atoms with van der Waals surface area (Å²) >= 11 is 0. The van der Waals surface area contributed by atoms with Gasteiger partial charge in [0.05, 0.1) is 6.04 Å². The summed E-state index contributed by atoms with van der Waals surface area (Å²) in [6.45, 7) is 4.08. The molecule has 1 aromatic carbocycles. The number of amides is 1. The standard InChI is InChI=1S/C14H19NO/c1-3-4-6-11-14(16)15-12(2)13-9-7-5-8-10-13/h5-12H,3-4H2,1-2H3,(H,15,16)/b11-6+/t12-/m0/s1. The van der Waals surface area contributed by atoms with E-state index in [0.29, 0.717) is 0 Å². The number of carbonyl (C=O) groups excluding carboxylic acids is 1. The number of nitrogens with one attached hydrogen (secondary N) is 1. The quantitative estimate of drug-likeness (QED) is 0.754. The molecule has 0 saturated carbocycles. The van der Waals surface area contributed by atoms with Gasteiger partial charge in [-0.25, -0.2) is 0 Å². The van der Waals surface area contributed by atoms with E-state index in [1.807, 2.05) is 43.3 Å². The molecule has 2 nitrogen and oxygen atoms in total. The molecule has 0 radical (unpaired) electrons. The van der Waals surface area contributed by atoms with Gasteiger partial charge in [0.2, 0.25) is 5.91 Å². The number of carbonyl (C=O) groups is 1. The normalized spacial score (nSPS) is 12.6. The van der Waals surface area contributed by atoms with Crippen LogP contribution in [0.4, 0.5) is 0 Å². The Morgan fingerprint density at radius 1 is 1.38 bits per heavy atom. The van der Waals surface area contributed by atoms with Crippen LogP contribution < -0.4 is 5.32 Å². The van der Waals surface area contributed by atoms with Gasteiger partial charge >= 0.3 is 0 Å². The van der Waals surface area contributed by atoms with E-state index >= 15 is 0 Å². The maximum atomic E-state index is 11.5. The van der Waals surface area contributed by atoms with Crippen LogP contribution in [0, 0.1) is 0 Å². The molecule has 1 amide bonds. The van der Waals surface area contributed by atoms with E-state index in [1.54, 1.807) is 6.08 Å². The van der Waals surface area contributed by atoms with Crippen LogP contribution in [-0.2, 0) is 4.79 Å². The van der Waals surface area contributed by atoms with Gasteiger partial charge in [-0.15, -0.1) is 0 Å². The van der Waals surface area contributed by atoms with Crippen molar-refractivity contribution in [2.24, 2.45) is 0 Å². The first-order chi connectivity index (χ1) is 7.74. The Balaban J connectivity index is 2.46. The lowest BCUT2D eigenvalue weighted by molar-refractivity contribution is -0.117. The SMILES string of the molecule is CCC/C=C/C(=O)N[C@@H](C)c1ccccc1. The number of hydrogen-bond acceptors (Lipinski definition) is 1. The largest absolute Gasteiger partial charge is 0.346 e. The molecule has 0 aromatic heterocycles. The zero-order valence-corrected chi connectivity index (χ0v) is 9.94. The molecule has 0 unspecified atom stereocenters. The van der Waals surface area contributed by atoms with Crippen molar-refractivity contribution in [1.29, 1.82) is 0 Å². The minimum Gasteiger partial charge on any atom is -0.346 e. The van der Waals surface area contributed by atoms with Crippen LogP contribution in [-0.4, -0.2) is 5.91 Å². The Morgan fingerprint density at radius 3 is 2.69 bits per heavy atom.